The second kappa shape index (κ2) is 7.65. The van der Waals surface area contributed by atoms with E-state index in [-0.39, 0.29) is 12.3 Å². The predicted molar refractivity (Wildman–Crippen MR) is 93.7 cm³/mol. The number of benzene rings is 2. The third kappa shape index (κ3) is 4.75. The summed E-state index contributed by atoms with van der Waals surface area (Å²) in [5, 5.41) is 3.57. The number of hydrogen-bond donors (Lipinski definition) is 0. The fourth-order valence-corrected chi connectivity index (χ4v) is 2.50. The van der Waals surface area contributed by atoms with Gasteiger partial charge in [-0.1, -0.05) is 48.0 Å². The van der Waals surface area contributed by atoms with Gasteiger partial charge in [0.25, 0.3) is 0 Å². The maximum atomic E-state index is 13.1. The minimum Gasteiger partial charge on any atom is -0.407 e. The Morgan fingerprint density at radius 2 is 1.74 bits per heavy atom. The summed E-state index contributed by atoms with van der Waals surface area (Å²) in [5.74, 6) is -0.884. The summed E-state index contributed by atoms with van der Waals surface area (Å²) in [5.41, 5.74) is 1.15. The highest BCUT2D eigenvalue weighted by molar-refractivity contribution is 5.72. The summed E-state index contributed by atoms with van der Waals surface area (Å²) in [4.78, 5) is 12.1. The van der Waals surface area contributed by atoms with Crippen LogP contribution in [0.1, 0.15) is 23.2 Å². The van der Waals surface area contributed by atoms with Crippen LogP contribution in [0.3, 0.4) is 0 Å². The molecule has 7 heteroatoms. The summed E-state index contributed by atoms with van der Waals surface area (Å²) < 4.78 is 45.3. The third-order valence-electron chi connectivity index (χ3n) is 3.92. The number of carbonyl (C=O) groups is 1. The number of aryl methyl sites for hydroxylation is 2. The van der Waals surface area contributed by atoms with E-state index in [9.17, 15) is 18.0 Å². The molecular formula is C20H17F3N2O2. The molecule has 0 aliphatic rings. The number of hydrogen-bond acceptors (Lipinski definition) is 3. The molecule has 0 fully saturated rings. The van der Waals surface area contributed by atoms with Crippen LogP contribution in [0.5, 0.6) is 5.88 Å². The van der Waals surface area contributed by atoms with Gasteiger partial charge in [-0.2, -0.15) is 18.3 Å². The van der Waals surface area contributed by atoms with Gasteiger partial charge in [-0.05, 0) is 31.0 Å². The zero-order valence-corrected chi connectivity index (χ0v) is 14.5. The Hall–Kier alpha value is -3.09. The predicted octanol–water partition coefficient (Wildman–Crippen LogP) is 4.74. The first-order valence-electron chi connectivity index (χ1n) is 8.32. The quantitative estimate of drug-likeness (QED) is 0.606. The van der Waals surface area contributed by atoms with Crippen molar-refractivity contribution in [3.05, 3.63) is 77.5 Å². The summed E-state index contributed by atoms with van der Waals surface area (Å²) in [7, 11) is 0. The number of nitrogens with zero attached hydrogens (tertiary/aromatic N) is 2. The molecule has 0 saturated heterocycles. The lowest BCUT2D eigenvalue weighted by Crippen LogP contribution is -2.12. The van der Waals surface area contributed by atoms with E-state index in [0.717, 1.165) is 21.9 Å². The van der Waals surface area contributed by atoms with E-state index in [2.05, 4.69) is 5.10 Å². The normalized spacial score (nSPS) is 11.4. The largest absolute Gasteiger partial charge is 0.435 e. The zero-order chi connectivity index (χ0) is 19.4. The second-order valence-corrected chi connectivity index (χ2v) is 6.07. The number of halogens is 3. The van der Waals surface area contributed by atoms with Crippen LogP contribution in [-0.4, -0.2) is 15.7 Å². The molecule has 0 radical (unpaired) electrons. The lowest BCUT2D eigenvalue weighted by Gasteiger charge is -2.08. The van der Waals surface area contributed by atoms with Crippen LogP contribution in [0.15, 0.2) is 60.7 Å². The van der Waals surface area contributed by atoms with Gasteiger partial charge in [0.1, 0.15) is 0 Å². The summed E-state index contributed by atoms with van der Waals surface area (Å²) in [6, 6.07) is 16.7. The van der Waals surface area contributed by atoms with Gasteiger partial charge in [-0.25, -0.2) is 4.68 Å². The Bertz CT molecular complexity index is 917. The molecule has 0 N–H and O–H groups in total. The number of rotatable bonds is 5. The van der Waals surface area contributed by atoms with Gasteiger partial charge < -0.3 is 4.74 Å². The molecule has 1 heterocycles. The Balaban J connectivity index is 1.81. The molecule has 140 valence electrons. The van der Waals surface area contributed by atoms with Gasteiger partial charge >= 0.3 is 12.1 Å². The molecule has 1 aromatic heterocycles. The Labute approximate surface area is 154 Å². The van der Waals surface area contributed by atoms with E-state index in [0.29, 0.717) is 12.1 Å². The first-order chi connectivity index (χ1) is 12.8. The third-order valence-corrected chi connectivity index (χ3v) is 3.92. The second-order valence-electron chi connectivity index (χ2n) is 6.07. The van der Waals surface area contributed by atoms with Crippen molar-refractivity contribution in [3.8, 4) is 11.6 Å². The molecule has 0 amide bonds. The molecule has 27 heavy (non-hydrogen) atoms. The maximum Gasteiger partial charge on any atom is 0.435 e. The van der Waals surface area contributed by atoms with Gasteiger partial charge in [-0.3, -0.25) is 4.79 Å². The Morgan fingerprint density at radius 1 is 1.07 bits per heavy atom. The highest BCUT2D eigenvalue weighted by Crippen LogP contribution is 2.32. The van der Waals surface area contributed by atoms with Crippen molar-refractivity contribution in [2.24, 2.45) is 0 Å². The highest BCUT2D eigenvalue weighted by atomic mass is 19.4. The minimum absolute atomic E-state index is 0.0461. The standard InChI is InChI=1S/C20H17F3N2O2/c1-14-7-10-16(11-8-14)25-18(13-17(24-25)20(21,22)23)27-19(26)12-9-15-5-3-2-4-6-15/h2-8,10-11,13H,9,12H2,1H3. The first kappa shape index (κ1) is 18.7. The van der Waals surface area contributed by atoms with Crippen LogP contribution in [-0.2, 0) is 17.4 Å². The number of carbonyl (C=O) groups excluding carboxylic acids is 1. The van der Waals surface area contributed by atoms with Crippen LogP contribution in [0, 0.1) is 6.92 Å². The van der Waals surface area contributed by atoms with Crippen LogP contribution in [0.25, 0.3) is 5.69 Å². The lowest BCUT2D eigenvalue weighted by molar-refractivity contribution is -0.141. The van der Waals surface area contributed by atoms with E-state index >= 15 is 0 Å². The molecule has 0 unspecified atom stereocenters. The Kier molecular flexibility index (Phi) is 5.30. The molecule has 3 rings (SSSR count). The van der Waals surface area contributed by atoms with Crippen molar-refractivity contribution in [3.63, 3.8) is 0 Å². The van der Waals surface area contributed by atoms with Crippen molar-refractivity contribution in [1.29, 1.82) is 0 Å². The smallest absolute Gasteiger partial charge is 0.407 e. The number of esters is 1. The fourth-order valence-electron chi connectivity index (χ4n) is 2.50. The average Bonchev–Trinajstić information content (AvgIpc) is 3.06. The van der Waals surface area contributed by atoms with Crippen molar-refractivity contribution < 1.29 is 22.7 Å². The first-order valence-corrected chi connectivity index (χ1v) is 8.32. The molecule has 0 bridgehead atoms. The van der Waals surface area contributed by atoms with Crippen molar-refractivity contribution in [1.82, 2.24) is 9.78 Å². The summed E-state index contributed by atoms with van der Waals surface area (Å²) in [6.45, 7) is 1.86. The maximum absolute atomic E-state index is 13.1. The summed E-state index contributed by atoms with van der Waals surface area (Å²) >= 11 is 0. The average molecular weight is 374 g/mol. The minimum atomic E-state index is -4.64. The van der Waals surface area contributed by atoms with Gasteiger partial charge in [-0.15, -0.1) is 0 Å². The van der Waals surface area contributed by atoms with E-state index in [4.69, 9.17) is 4.74 Å². The van der Waals surface area contributed by atoms with Gasteiger partial charge in [0.2, 0.25) is 5.88 Å². The van der Waals surface area contributed by atoms with Gasteiger partial charge in [0.05, 0.1) is 12.1 Å². The van der Waals surface area contributed by atoms with Crippen LogP contribution >= 0.6 is 0 Å². The summed E-state index contributed by atoms with van der Waals surface area (Å²) in [6.07, 6.45) is -4.16. The van der Waals surface area contributed by atoms with Gasteiger partial charge in [0, 0.05) is 6.07 Å². The molecule has 2 aromatic carbocycles. The van der Waals surface area contributed by atoms with Crippen molar-refractivity contribution >= 4 is 5.97 Å². The monoisotopic (exact) mass is 374 g/mol. The number of aromatic nitrogens is 2. The molecule has 0 aliphatic heterocycles. The van der Waals surface area contributed by atoms with Gasteiger partial charge in [0.15, 0.2) is 5.69 Å². The lowest BCUT2D eigenvalue weighted by atomic mass is 10.1. The van der Waals surface area contributed by atoms with Crippen LogP contribution in [0.4, 0.5) is 13.2 Å². The highest BCUT2D eigenvalue weighted by Gasteiger charge is 2.36. The van der Waals surface area contributed by atoms with E-state index < -0.39 is 17.8 Å². The van der Waals surface area contributed by atoms with E-state index in [1.165, 1.54) is 0 Å². The Morgan fingerprint density at radius 3 is 2.37 bits per heavy atom. The molecular weight excluding hydrogens is 357 g/mol. The molecule has 4 nitrogen and oxygen atoms in total. The molecule has 0 saturated carbocycles. The topological polar surface area (TPSA) is 44.1 Å². The number of ether oxygens (including phenoxy) is 1. The fraction of sp³-hybridized carbons (Fsp3) is 0.200. The molecule has 0 spiro atoms. The van der Waals surface area contributed by atoms with Crippen molar-refractivity contribution in [2.75, 3.05) is 0 Å². The number of alkyl halides is 3. The van der Waals surface area contributed by atoms with E-state index in [1.54, 1.807) is 24.3 Å². The van der Waals surface area contributed by atoms with Crippen LogP contribution in [0.2, 0.25) is 0 Å². The van der Waals surface area contributed by atoms with Crippen LogP contribution < -0.4 is 4.74 Å². The van der Waals surface area contributed by atoms with Crippen molar-refractivity contribution in [2.45, 2.75) is 25.9 Å². The zero-order valence-electron chi connectivity index (χ0n) is 14.5. The SMILES string of the molecule is Cc1ccc(-n2nc(C(F)(F)F)cc2OC(=O)CCc2ccccc2)cc1. The molecule has 3 aromatic rings. The molecule has 0 atom stereocenters. The van der Waals surface area contributed by atoms with E-state index in [1.807, 2.05) is 37.3 Å². The molecule has 0 aliphatic carbocycles.